The number of hydrogen-bond donors (Lipinski definition) is 1. The molecular weight excluding hydrogens is 167 g/mol. The van der Waals surface area contributed by atoms with Crippen LogP contribution in [0.1, 0.15) is 27.2 Å². The van der Waals surface area contributed by atoms with Crippen molar-refractivity contribution < 1.29 is 31.3 Å². The Kier molecular flexibility index (Phi) is 5.84. The molecule has 0 saturated heterocycles. The maximum absolute atomic E-state index is 8.83. The van der Waals surface area contributed by atoms with Gasteiger partial charge in [-0.05, 0) is 20.3 Å². The predicted octanol–water partition coefficient (Wildman–Crippen LogP) is 1.16. The molecule has 2 heteroatoms. The molecule has 0 aromatic heterocycles. The van der Waals surface area contributed by atoms with Crippen LogP contribution in [0.3, 0.4) is 0 Å². The molecule has 0 aromatic carbocycles. The second-order valence-electron chi connectivity index (χ2n) is 2.17. The molecule has 0 fully saturated rings. The van der Waals surface area contributed by atoms with E-state index >= 15 is 0 Å². The zero-order valence-electron chi connectivity index (χ0n) is 5.15. The van der Waals surface area contributed by atoms with Gasteiger partial charge in [0.15, 0.2) is 0 Å². The standard InChI is InChI=1S/C5H12O.Zr/c1-4-5(2,3)6;/h6H,4H2,1-3H3;. The Labute approximate surface area is 64.2 Å². The van der Waals surface area contributed by atoms with Gasteiger partial charge >= 0.3 is 0 Å². The van der Waals surface area contributed by atoms with Gasteiger partial charge in [-0.15, -0.1) is 0 Å². The Morgan fingerprint density at radius 2 is 1.57 bits per heavy atom. The quantitative estimate of drug-likeness (QED) is 0.640. The molecule has 0 aliphatic rings. The number of aliphatic hydroxyl groups is 1. The molecule has 0 amide bonds. The van der Waals surface area contributed by atoms with Crippen LogP contribution in [-0.2, 0) is 26.2 Å². The Morgan fingerprint density at radius 1 is 1.43 bits per heavy atom. The van der Waals surface area contributed by atoms with Crippen molar-refractivity contribution in [3.63, 3.8) is 0 Å². The van der Waals surface area contributed by atoms with Gasteiger partial charge in [-0.2, -0.15) is 0 Å². The minimum absolute atomic E-state index is 0. The fourth-order valence-electron chi connectivity index (χ4n) is 0. The SMILES string of the molecule is CCC(C)(C)O.[Zr]. The molecule has 7 heavy (non-hydrogen) atoms. The van der Waals surface area contributed by atoms with Crippen molar-refractivity contribution in [1.82, 2.24) is 0 Å². The summed E-state index contributed by atoms with van der Waals surface area (Å²) < 4.78 is 0. The van der Waals surface area contributed by atoms with Crippen molar-refractivity contribution in [3.8, 4) is 0 Å². The Hall–Kier alpha value is 0.843. The van der Waals surface area contributed by atoms with Gasteiger partial charge < -0.3 is 5.11 Å². The van der Waals surface area contributed by atoms with Crippen molar-refractivity contribution in [2.75, 3.05) is 0 Å². The van der Waals surface area contributed by atoms with Crippen LogP contribution in [0.2, 0.25) is 0 Å². The van der Waals surface area contributed by atoms with E-state index in [-0.39, 0.29) is 26.2 Å². The van der Waals surface area contributed by atoms with Crippen LogP contribution < -0.4 is 0 Å². The second kappa shape index (κ2) is 3.80. The minimum Gasteiger partial charge on any atom is -0.390 e. The van der Waals surface area contributed by atoms with Gasteiger partial charge in [0.1, 0.15) is 0 Å². The summed E-state index contributed by atoms with van der Waals surface area (Å²) in [5, 5.41) is 8.83. The largest absolute Gasteiger partial charge is 0.390 e. The van der Waals surface area contributed by atoms with Gasteiger partial charge in [0, 0.05) is 26.2 Å². The van der Waals surface area contributed by atoms with Gasteiger partial charge in [0.05, 0.1) is 5.60 Å². The molecule has 0 aromatic rings. The zero-order chi connectivity index (χ0) is 5.21. The zero-order valence-corrected chi connectivity index (χ0v) is 7.61. The Bertz CT molecular complexity index is 37.8. The van der Waals surface area contributed by atoms with Gasteiger partial charge in [0.25, 0.3) is 0 Å². The molecule has 0 aliphatic carbocycles. The molecule has 1 nitrogen and oxygen atoms in total. The van der Waals surface area contributed by atoms with E-state index in [1.165, 1.54) is 0 Å². The van der Waals surface area contributed by atoms with E-state index < -0.39 is 5.60 Å². The van der Waals surface area contributed by atoms with Crippen LogP contribution in [0.25, 0.3) is 0 Å². The average Bonchev–Trinajstić information content (AvgIpc) is 1.35. The molecule has 0 radical (unpaired) electrons. The molecule has 0 rings (SSSR count). The maximum Gasteiger partial charge on any atom is 0.0589 e. The van der Waals surface area contributed by atoms with E-state index in [4.69, 9.17) is 5.11 Å². The third kappa shape index (κ3) is 10.9. The molecular formula is C5H12OZr. The van der Waals surface area contributed by atoms with Crippen LogP contribution in [0.5, 0.6) is 0 Å². The molecule has 0 unspecified atom stereocenters. The van der Waals surface area contributed by atoms with E-state index in [0.29, 0.717) is 0 Å². The summed E-state index contributed by atoms with van der Waals surface area (Å²) in [5.74, 6) is 0. The van der Waals surface area contributed by atoms with Gasteiger partial charge in [-0.1, -0.05) is 6.92 Å². The third-order valence-corrected chi connectivity index (χ3v) is 0.865. The summed E-state index contributed by atoms with van der Waals surface area (Å²) in [6, 6.07) is 0. The summed E-state index contributed by atoms with van der Waals surface area (Å²) >= 11 is 0. The Morgan fingerprint density at radius 3 is 1.57 bits per heavy atom. The maximum atomic E-state index is 8.83. The smallest absolute Gasteiger partial charge is 0.0589 e. The Balaban J connectivity index is 0. The van der Waals surface area contributed by atoms with E-state index in [1.807, 2.05) is 6.92 Å². The molecule has 0 atom stereocenters. The molecule has 0 bridgehead atoms. The van der Waals surface area contributed by atoms with E-state index in [2.05, 4.69) is 0 Å². The second-order valence-corrected chi connectivity index (χ2v) is 2.17. The first-order valence-corrected chi connectivity index (χ1v) is 2.28. The number of hydrogen-bond acceptors (Lipinski definition) is 1. The van der Waals surface area contributed by atoms with E-state index in [1.54, 1.807) is 13.8 Å². The van der Waals surface area contributed by atoms with Crippen molar-refractivity contribution in [3.05, 3.63) is 0 Å². The first-order chi connectivity index (χ1) is 2.56. The summed E-state index contributed by atoms with van der Waals surface area (Å²) in [7, 11) is 0. The van der Waals surface area contributed by atoms with E-state index in [0.717, 1.165) is 6.42 Å². The molecule has 42 valence electrons. The monoisotopic (exact) mass is 178 g/mol. The van der Waals surface area contributed by atoms with E-state index in [9.17, 15) is 0 Å². The summed E-state index contributed by atoms with van der Waals surface area (Å²) in [6.07, 6.45) is 0.826. The van der Waals surface area contributed by atoms with Crippen LogP contribution in [0, 0.1) is 0 Å². The summed E-state index contributed by atoms with van der Waals surface area (Å²) in [5.41, 5.74) is -0.458. The fraction of sp³-hybridized carbons (Fsp3) is 1.00. The van der Waals surface area contributed by atoms with Crippen molar-refractivity contribution >= 4 is 0 Å². The van der Waals surface area contributed by atoms with Gasteiger partial charge in [0.2, 0.25) is 0 Å². The van der Waals surface area contributed by atoms with Gasteiger partial charge in [-0.25, -0.2) is 0 Å². The normalized spacial score (nSPS) is 10.3. The molecule has 0 saturated carbocycles. The topological polar surface area (TPSA) is 20.2 Å². The van der Waals surface area contributed by atoms with Crippen molar-refractivity contribution in [2.24, 2.45) is 0 Å². The van der Waals surface area contributed by atoms with Gasteiger partial charge in [-0.3, -0.25) is 0 Å². The van der Waals surface area contributed by atoms with Crippen molar-refractivity contribution in [1.29, 1.82) is 0 Å². The molecule has 0 heterocycles. The first kappa shape index (κ1) is 10.8. The van der Waals surface area contributed by atoms with Crippen LogP contribution >= 0.6 is 0 Å². The third-order valence-electron chi connectivity index (χ3n) is 0.865. The van der Waals surface area contributed by atoms with Crippen LogP contribution in [0.15, 0.2) is 0 Å². The van der Waals surface area contributed by atoms with Crippen molar-refractivity contribution in [2.45, 2.75) is 32.8 Å². The first-order valence-electron chi connectivity index (χ1n) is 2.28. The molecule has 0 aliphatic heterocycles. The average molecular weight is 179 g/mol. The van der Waals surface area contributed by atoms with Crippen LogP contribution in [-0.4, -0.2) is 10.7 Å². The summed E-state index contributed by atoms with van der Waals surface area (Å²) in [4.78, 5) is 0. The number of rotatable bonds is 1. The summed E-state index contributed by atoms with van der Waals surface area (Å²) in [6.45, 7) is 5.56. The van der Waals surface area contributed by atoms with Crippen LogP contribution in [0.4, 0.5) is 0 Å². The predicted molar refractivity (Wildman–Crippen MR) is 26.6 cm³/mol. The minimum atomic E-state index is -0.458. The molecule has 1 N–H and O–H groups in total. The fourth-order valence-corrected chi connectivity index (χ4v) is 0. The molecule has 0 spiro atoms.